The Morgan fingerprint density at radius 3 is 2.11 bits per heavy atom. The molecule has 0 unspecified atom stereocenters. The van der Waals surface area contributed by atoms with Gasteiger partial charge >= 0.3 is 0 Å². The van der Waals surface area contributed by atoms with Crippen LogP contribution in [0.4, 0.5) is 0 Å². The molecular formula is C22H26N2O4. The van der Waals surface area contributed by atoms with Crippen molar-refractivity contribution in [1.29, 1.82) is 0 Å². The highest BCUT2D eigenvalue weighted by Gasteiger charge is 2.26. The second-order valence-electron chi connectivity index (χ2n) is 7.57. The van der Waals surface area contributed by atoms with Gasteiger partial charge in [0.1, 0.15) is 5.76 Å². The van der Waals surface area contributed by atoms with E-state index in [1.807, 2.05) is 30.9 Å². The number of furan rings is 1. The SMILES string of the molecule is CC(=O)c1ccc(-c2ccc(C(=O)N3CCN(C(=O)CC(C)C)CC3)o2)cc1. The predicted octanol–water partition coefficient (Wildman–Crippen LogP) is 3.48. The fourth-order valence-corrected chi connectivity index (χ4v) is 3.27. The number of benzene rings is 1. The van der Waals surface area contributed by atoms with Crippen LogP contribution in [-0.2, 0) is 4.79 Å². The fourth-order valence-electron chi connectivity index (χ4n) is 3.27. The summed E-state index contributed by atoms with van der Waals surface area (Å²) in [4.78, 5) is 39.8. The average molecular weight is 382 g/mol. The molecule has 1 saturated heterocycles. The van der Waals surface area contributed by atoms with Crippen LogP contribution in [0.3, 0.4) is 0 Å². The van der Waals surface area contributed by atoms with E-state index in [-0.39, 0.29) is 23.4 Å². The zero-order chi connectivity index (χ0) is 20.3. The van der Waals surface area contributed by atoms with Crippen LogP contribution in [0.5, 0.6) is 0 Å². The Hall–Kier alpha value is -2.89. The number of carbonyl (C=O) groups excluding carboxylic acids is 3. The number of piperazine rings is 1. The molecule has 1 aliphatic heterocycles. The third-order valence-corrected chi connectivity index (χ3v) is 4.90. The maximum atomic E-state index is 12.7. The van der Waals surface area contributed by atoms with Crippen molar-refractivity contribution in [3.63, 3.8) is 0 Å². The van der Waals surface area contributed by atoms with Gasteiger partial charge in [0.05, 0.1) is 0 Å². The van der Waals surface area contributed by atoms with Crippen LogP contribution in [0.1, 0.15) is 48.1 Å². The number of hydrogen-bond acceptors (Lipinski definition) is 4. The summed E-state index contributed by atoms with van der Waals surface area (Å²) in [6, 6.07) is 10.5. The van der Waals surface area contributed by atoms with Crippen molar-refractivity contribution in [2.24, 2.45) is 5.92 Å². The van der Waals surface area contributed by atoms with E-state index in [2.05, 4.69) is 0 Å². The lowest BCUT2D eigenvalue weighted by Gasteiger charge is -2.34. The molecule has 0 bridgehead atoms. The summed E-state index contributed by atoms with van der Waals surface area (Å²) in [5.41, 5.74) is 1.45. The lowest BCUT2D eigenvalue weighted by atomic mass is 10.1. The van der Waals surface area contributed by atoms with E-state index in [4.69, 9.17) is 4.42 Å². The van der Waals surface area contributed by atoms with Crippen molar-refractivity contribution in [1.82, 2.24) is 9.80 Å². The van der Waals surface area contributed by atoms with Crippen molar-refractivity contribution in [3.8, 4) is 11.3 Å². The molecule has 1 fully saturated rings. The van der Waals surface area contributed by atoms with Crippen LogP contribution in [0.2, 0.25) is 0 Å². The summed E-state index contributed by atoms with van der Waals surface area (Å²) in [5.74, 6) is 1.20. The Morgan fingerprint density at radius 1 is 0.929 bits per heavy atom. The number of rotatable bonds is 5. The molecule has 0 N–H and O–H groups in total. The Morgan fingerprint density at radius 2 is 1.54 bits per heavy atom. The summed E-state index contributed by atoms with van der Waals surface area (Å²) in [6.07, 6.45) is 0.540. The second-order valence-corrected chi connectivity index (χ2v) is 7.57. The number of amides is 2. The molecule has 0 atom stereocenters. The number of hydrogen-bond donors (Lipinski definition) is 0. The van der Waals surface area contributed by atoms with E-state index in [0.29, 0.717) is 49.8 Å². The highest BCUT2D eigenvalue weighted by Crippen LogP contribution is 2.24. The van der Waals surface area contributed by atoms with Gasteiger partial charge in [-0.2, -0.15) is 0 Å². The predicted molar refractivity (Wildman–Crippen MR) is 106 cm³/mol. The monoisotopic (exact) mass is 382 g/mol. The molecular weight excluding hydrogens is 356 g/mol. The minimum atomic E-state index is -0.164. The highest BCUT2D eigenvalue weighted by atomic mass is 16.4. The first-order chi connectivity index (χ1) is 13.3. The Kier molecular flexibility index (Phi) is 5.97. The molecule has 2 heterocycles. The van der Waals surface area contributed by atoms with Crippen LogP contribution in [-0.4, -0.2) is 53.6 Å². The van der Waals surface area contributed by atoms with Crippen molar-refractivity contribution < 1.29 is 18.8 Å². The van der Waals surface area contributed by atoms with Gasteiger partial charge in [0.25, 0.3) is 5.91 Å². The topological polar surface area (TPSA) is 70.8 Å². The molecule has 6 heteroatoms. The minimum absolute atomic E-state index is 0.00730. The van der Waals surface area contributed by atoms with E-state index >= 15 is 0 Å². The van der Waals surface area contributed by atoms with E-state index in [1.54, 1.807) is 29.2 Å². The standard InChI is InChI=1S/C22H26N2O4/c1-15(2)14-21(26)23-10-12-24(13-11-23)22(27)20-9-8-19(28-20)18-6-4-17(5-7-18)16(3)25/h4-9,15H,10-14H2,1-3H3. The van der Waals surface area contributed by atoms with Gasteiger partial charge in [-0.05, 0) is 25.0 Å². The molecule has 6 nitrogen and oxygen atoms in total. The summed E-state index contributed by atoms with van der Waals surface area (Å²) in [5, 5.41) is 0. The molecule has 2 amide bonds. The number of ketones is 1. The molecule has 1 aromatic carbocycles. The van der Waals surface area contributed by atoms with E-state index < -0.39 is 0 Å². The quantitative estimate of drug-likeness (QED) is 0.743. The maximum Gasteiger partial charge on any atom is 0.289 e. The van der Waals surface area contributed by atoms with Crippen molar-refractivity contribution in [2.45, 2.75) is 27.2 Å². The maximum absolute atomic E-state index is 12.7. The first kappa shape index (κ1) is 19.9. The smallest absolute Gasteiger partial charge is 0.289 e. The summed E-state index contributed by atoms with van der Waals surface area (Å²) >= 11 is 0. The fraction of sp³-hybridized carbons (Fsp3) is 0.409. The number of nitrogens with zero attached hydrogens (tertiary/aromatic N) is 2. The van der Waals surface area contributed by atoms with Gasteiger partial charge in [-0.25, -0.2) is 0 Å². The van der Waals surface area contributed by atoms with Crippen molar-refractivity contribution in [2.75, 3.05) is 26.2 Å². The summed E-state index contributed by atoms with van der Waals surface area (Å²) < 4.78 is 5.76. The zero-order valence-electron chi connectivity index (χ0n) is 16.6. The third kappa shape index (κ3) is 4.50. The molecule has 0 saturated carbocycles. The van der Waals surface area contributed by atoms with Crippen molar-refractivity contribution >= 4 is 17.6 Å². The lowest BCUT2D eigenvalue weighted by molar-refractivity contribution is -0.133. The Bertz CT molecular complexity index is 859. The zero-order valence-corrected chi connectivity index (χ0v) is 16.6. The molecule has 3 rings (SSSR count). The second kappa shape index (κ2) is 8.42. The molecule has 1 aromatic heterocycles. The normalized spacial score (nSPS) is 14.4. The third-order valence-electron chi connectivity index (χ3n) is 4.90. The molecule has 2 aromatic rings. The van der Waals surface area contributed by atoms with Gasteiger partial charge in [0, 0.05) is 43.7 Å². The van der Waals surface area contributed by atoms with E-state index in [1.165, 1.54) is 6.92 Å². The highest BCUT2D eigenvalue weighted by molar-refractivity contribution is 5.94. The van der Waals surface area contributed by atoms with Crippen LogP contribution >= 0.6 is 0 Å². The van der Waals surface area contributed by atoms with E-state index in [0.717, 1.165) is 5.56 Å². The molecule has 0 aliphatic carbocycles. The molecule has 28 heavy (non-hydrogen) atoms. The Labute approximate surface area is 165 Å². The van der Waals surface area contributed by atoms with Crippen LogP contribution in [0.15, 0.2) is 40.8 Å². The Balaban J connectivity index is 1.62. The van der Waals surface area contributed by atoms with Crippen molar-refractivity contribution in [3.05, 3.63) is 47.7 Å². The van der Waals surface area contributed by atoms with Gasteiger partial charge < -0.3 is 14.2 Å². The van der Waals surface area contributed by atoms with Gasteiger partial charge in [-0.1, -0.05) is 38.1 Å². The van der Waals surface area contributed by atoms with Crippen LogP contribution in [0.25, 0.3) is 11.3 Å². The summed E-state index contributed by atoms with van der Waals surface area (Å²) in [7, 11) is 0. The average Bonchev–Trinajstić information content (AvgIpc) is 3.17. The van der Waals surface area contributed by atoms with Gasteiger partial charge in [0.15, 0.2) is 11.5 Å². The molecule has 0 spiro atoms. The largest absolute Gasteiger partial charge is 0.451 e. The van der Waals surface area contributed by atoms with Gasteiger partial charge in [0.2, 0.25) is 5.91 Å². The molecule has 1 aliphatic rings. The minimum Gasteiger partial charge on any atom is -0.451 e. The molecule has 0 radical (unpaired) electrons. The molecule has 148 valence electrons. The van der Waals surface area contributed by atoms with Gasteiger partial charge in [-0.15, -0.1) is 0 Å². The first-order valence-electron chi connectivity index (χ1n) is 9.63. The van der Waals surface area contributed by atoms with Crippen LogP contribution < -0.4 is 0 Å². The number of Topliss-reactive ketones (excluding diaryl/α,β-unsaturated/α-hetero) is 1. The lowest BCUT2D eigenvalue weighted by Crippen LogP contribution is -2.50. The first-order valence-corrected chi connectivity index (χ1v) is 9.63. The van der Waals surface area contributed by atoms with E-state index in [9.17, 15) is 14.4 Å². The van der Waals surface area contributed by atoms with Gasteiger partial charge in [-0.3, -0.25) is 14.4 Å². The number of carbonyl (C=O) groups is 3. The van der Waals surface area contributed by atoms with Crippen LogP contribution in [0, 0.1) is 5.92 Å². The summed E-state index contributed by atoms with van der Waals surface area (Å²) in [6.45, 7) is 7.70.